The molecule has 0 amide bonds. The van der Waals surface area contributed by atoms with E-state index in [0.717, 1.165) is 16.9 Å². The largest absolute Gasteiger partial charge is 0.485 e. The Morgan fingerprint density at radius 3 is 2.38 bits per heavy atom. The Hall–Kier alpha value is -3.58. The van der Waals surface area contributed by atoms with Gasteiger partial charge in [0.15, 0.2) is 0 Å². The van der Waals surface area contributed by atoms with Crippen LogP contribution < -0.4 is 9.47 Å². The lowest BCUT2D eigenvalue weighted by Gasteiger charge is -2.27. The molecule has 4 heteroatoms. The molecular formula is C22H16N2O2. The number of hydrogen-bond donors (Lipinski definition) is 0. The van der Waals surface area contributed by atoms with Crippen molar-refractivity contribution in [3.63, 3.8) is 0 Å². The first-order valence-electron chi connectivity index (χ1n) is 8.38. The van der Waals surface area contributed by atoms with Crippen molar-refractivity contribution in [2.24, 2.45) is 4.99 Å². The molecule has 3 aromatic carbocycles. The van der Waals surface area contributed by atoms with E-state index >= 15 is 0 Å². The first-order valence-corrected chi connectivity index (χ1v) is 8.38. The lowest BCUT2D eigenvalue weighted by atomic mass is 9.95. The average Bonchev–Trinajstić information content (AvgIpc) is 2.70. The number of rotatable bonds is 3. The molecule has 3 aromatic rings. The number of ether oxygens (including phenoxy) is 2. The van der Waals surface area contributed by atoms with Crippen LogP contribution in [0.4, 0.5) is 0 Å². The highest BCUT2D eigenvalue weighted by atomic mass is 16.5. The number of nitriles is 1. The van der Waals surface area contributed by atoms with E-state index in [1.54, 1.807) is 0 Å². The van der Waals surface area contributed by atoms with Gasteiger partial charge in [-0.3, -0.25) is 0 Å². The SMILES string of the molecule is N#CN=C1CC(c2ccccc2)Oc2ccc(Oc3ccccc3)cc21. The van der Waals surface area contributed by atoms with Gasteiger partial charge in [0, 0.05) is 12.0 Å². The van der Waals surface area contributed by atoms with Crippen molar-refractivity contribution in [1.82, 2.24) is 0 Å². The Morgan fingerprint density at radius 2 is 1.65 bits per heavy atom. The molecule has 0 saturated carbocycles. The third-order valence-corrected chi connectivity index (χ3v) is 4.25. The molecular weight excluding hydrogens is 324 g/mol. The molecule has 126 valence electrons. The molecule has 0 radical (unpaired) electrons. The van der Waals surface area contributed by atoms with Gasteiger partial charge in [0.1, 0.15) is 23.4 Å². The first-order chi connectivity index (χ1) is 12.8. The van der Waals surface area contributed by atoms with Crippen LogP contribution in [0.25, 0.3) is 0 Å². The summed E-state index contributed by atoms with van der Waals surface area (Å²) in [7, 11) is 0. The van der Waals surface area contributed by atoms with Crippen LogP contribution in [0.2, 0.25) is 0 Å². The molecule has 4 rings (SSSR count). The Kier molecular flexibility index (Phi) is 4.36. The molecule has 0 aliphatic carbocycles. The summed E-state index contributed by atoms with van der Waals surface area (Å²) in [5, 5.41) is 9.10. The molecule has 1 heterocycles. The number of benzene rings is 3. The number of aliphatic imine (C=N–C) groups is 1. The molecule has 1 atom stereocenters. The monoisotopic (exact) mass is 340 g/mol. The van der Waals surface area contributed by atoms with Crippen LogP contribution in [0, 0.1) is 11.5 Å². The summed E-state index contributed by atoms with van der Waals surface area (Å²) >= 11 is 0. The van der Waals surface area contributed by atoms with Crippen LogP contribution >= 0.6 is 0 Å². The summed E-state index contributed by atoms with van der Waals surface area (Å²) < 4.78 is 12.0. The van der Waals surface area contributed by atoms with E-state index in [-0.39, 0.29) is 6.10 Å². The van der Waals surface area contributed by atoms with Crippen molar-refractivity contribution in [2.45, 2.75) is 12.5 Å². The Bertz CT molecular complexity index is 976. The van der Waals surface area contributed by atoms with E-state index in [4.69, 9.17) is 14.7 Å². The zero-order chi connectivity index (χ0) is 17.8. The van der Waals surface area contributed by atoms with E-state index in [0.29, 0.717) is 23.6 Å². The molecule has 0 N–H and O–H groups in total. The maximum absolute atomic E-state index is 9.10. The smallest absolute Gasteiger partial charge is 0.205 e. The van der Waals surface area contributed by atoms with Crippen molar-refractivity contribution in [2.75, 3.05) is 0 Å². The predicted octanol–water partition coefficient (Wildman–Crippen LogP) is 5.27. The summed E-state index contributed by atoms with van der Waals surface area (Å²) in [5.74, 6) is 2.15. The molecule has 1 aliphatic rings. The molecule has 0 bridgehead atoms. The Labute approximate surface area is 152 Å². The van der Waals surface area contributed by atoms with E-state index < -0.39 is 0 Å². The fourth-order valence-corrected chi connectivity index (χ4v) is 3.03. The molecule has 0 saturated heterocycles. The Morgan fingerprint density at radius 1 is 0.923 bits per heavy atom. The van der Waals surface area contributed by atoms with Crippen LogP contribution in [-0.4, -0.2) is 5.71 Å². The second-order valence-corrected chi connectivity index (χ2v) is 5.95. The van der Waals surface area contributed by atoms with Gasteiger partial charge in [-0.1, -0.05) is 48.5 Å². The van der Waals surface area contributed by atoms with Gasteiger partial charge in [0.05, 0.1) is 5.71 Å². The average molecular weight is 340 g/mol. The van der Waals surface area contributed by atoms with Crippen LogP contribution in [0.3, 0.4) is 0 Å². The zero-order valence-electron chi connectivity index (χ0n) is 14.0. The van der Waals surface area contributed by atoms with Crippen molar-refractivity contribution in [1.29, 1.82) is 5.26 Å². The van der Waals surface area contributed by atoms with Crippen LogP contribution in [0.5, 0.6) is 17.2 Å². The molecule has 1 unspecified atom stereocenters. The molecule has 0 fully saturated rings. The minimum atomic E-state index is -0.156. The molecule has 26 heavy (non-hydrogen) atoms. The van der Waals surface area contributed by atoms with Gasteiger partial charge >= 0.3 is 0 Å². The zero-order valence-corrected chi connectivity index (χ0v) is 14.0. The second kappa shape index (κ2) is 7.12. The highest BCUT2D eigenvalue weighted by molar-refractivity contribution is 6.05. The molecule has 4 nitrogen and oxygen atoms in total. The standard InChI is InChI=1S/C22H16N2O2/c23-15-24-20-14-22(16-7-3-1-4-8-16)26-21-12-11-18(13-19(20)21)25-17-9-5-2-6-10-17/h1-13,22H,14H2. The number of fused-ring (bicyclic) bond motifs is 1. The number of nitrogens with zero attached hydrogens (tertiary/aromatic N) is 2. The maximum Gasteiger partial charge on any atom is 0.205 e. The predicted molar refractivity (Wildman–Crippen MR) is 99.5 cm³/mol. The van der Waals surface area contributed by atoms with E-state index in [2.05, 4.69) is 4.99 Å². The first kappa shape index (κ1) is 15.9. The summed E-state index contributed by atoms with van der Waals surface area (Å²) in [4.78, 5) is 4.04. The Balaban J connectivity index is 1.67. The van der Waals surface area contributed by atoms with Gasteiger partial charge in [0.2, 0.25) is 6.19 Å². The van der Waals surface area contributed by atoms with Gasteiger partial charge in [0.25, 0.3) is 0 Å². The van der Waals surface area contributed by atoms with Crippen molar-refractivity contribution < 1.29 is 9.47 Å². The van der Waals surface area contributed by atoms with Gasteiger partial charge in [-0.05, 0) is 35.9 Å². The van der Waals surface area contributed by atoms with Crippen molar-refractivity contribution >= 4 is 5.71 Å². The second-order valence-electron chi connectivity index (χ2n) is 5.95. The van der Waals surface area contributed by atoms with E-state index in [1.165, 1.54) is 0 Å². The highest BCUT2D eigenvalue weighted by Crippen LogP contribution is 2.37. The third-order valence-electron chi connectivity index (χ3n) is 4.25. The highest BCUT2D eigenvalue weighted by Gasteiger charge is 2.26. The third kappa shape index (κ3) is 3.28. The van der Waals surface area contributed by atoms with Crippen LogP contribution in [0.1, 0.15) is 23.7 Å². The summed E-state index contributed by atoms with van der Waals surface area (Å²) in [5.41, 5.74) is 2.57. The van der Waals surface area contributed by atoms with E-state index in [1.807, 2.05) is 85.1 Å². The van der Waals surface area contributed by atoms with E-state index in [9.17, 15) is 0 Å². The van der Waals surface area contributed by atoms with Gasteiger partial charge in [-0.25, -0.2) is 0 Å². The quantitative estimate of drug-likeness (QED) is 0.610. The van der Waals surface area contributed by atoms with Crippen LogP contribution in [0.15, 0.2) is 83.9 Å². The lowest BCUT2D eigenvalue weighted by molar-refractivity contribution is 0.206. The fourth-order valence-electron chi connectivity index (χ4n) is 3.03. The molecule has 0 aromatic heterocycles. The minimum absolute atomic E-state index is 0.156. The maximum atomic E-state index is 9.10. The topological polar surface area (TPSA) is 54.6 Å². The molecule has 0 spiro atoms. The normalized spacial score (nSPS) is 17.0. The minimum Gasteiger partial charge on any atom is -0.485 e. The van der Waals surface area contributed by atoms with Gasteiger partial charge < -0.3 is 9.47 Å². The van der Waals surface area contributed by atoms with Gasteiger partial charge in [-0.15, -0.1) is 0 Å². The summed E-state index contributed by atoms with van der Waals surface area (Å²) in [6.07, 6.45) is 2.30. The number of para-hydroxylation sites is 1. The summed E-state index contributed by atoms with van der Waals surface area (Å²) in [6.45, 7) is 0. The van der Waals surface area contributed by atoms with Crippen LogP contribution in [-0.2, 0) is 0 Å². The lowest BCUT2D eigenvalue weighted by Crippen LogP contribution is -2.21. The summed E-state index contributed by atoms with van der Waals surface area (Å²) in [6, 6.07) is 25.1. The van der Waals surface area contributed by atoms with Gasteiger partial charge in [-0.2, -0.15) is 10.3 Å². The van der Waals surface area contributed by atoms with Crippen molar-refractivity contribution in [3.8, 4) is 23.4 Å². The molecule has 1 aliphatic heterocycles. The number of hydrogen-bond acceptors (Lipinski definition) is 4. The fraction of sp³-hybridized carbons (Fsp3) is 0.0909. The van der Waals surface area contributed by atoms with Crippen molar-refractivity contribution in [3.05, 3.63) is 90.0 Å².